The van der Waals surface area contributed by atoms with Gasteiger partial charge in [-0.15, -0.1) is 0 Å². The van der Waals surface area contributed by atoms with E-state index in [1.165, 1.54) is 16.7 Å². The Hall–Kier alpha value is -3.40. The molecule has 0 aliphatic carbocycles. The van der Waals surface area contributed by atoms with Crippen molar-refractivity contribution in [3.8, 4) is 17.0 Å². The first-order valence-electron chi connectivity index (χ1n) is 10.8. The molecule has 0 unspecified atom stereocenters. The van der Waals surface area contributed by atoms with Crippen LogP contribution in [0.3, 0.4) is 0 Å². The van der Waals surface area contributed by atoms with Crippen LogP contribution in [0.4, 0.5) is 0 Å². The average molecular weight is 410 g/mol. The highest BCUT2D eigenvalue weighted by atomic mass is 16.5. The molecule has 5 aromatic rings. The summed E-state index contributed by atoms with van der Waals surface area (Å²) < 4.78 is 7.82. The Morgan fingerprint density at radius 1 is 0.839 bits per heavy atom. The largest absolute Gasteiger partial charge is 0.497 e. The summed E-state index contributed by atoms with van der Waals surface area (Å²) in [6.07, 6.45) is 5.84. The summed E-state index contributed by atoms with van der Waals surface area (Å²) in [6.45, 7) is 9.03. The average Bonchev–Trinajstić information content (AvgIpc) is 3.23. The van der Waals surface area contributed by atoms with Gasteiger partial charge in [-0.2, -0.15) is 0 Å². The fraction of sp³-hybridized carbons (Fsp3) is 0.259. The zero-order chi connectivity index (χ0) is 21.7. The monoisotopic (exact) mass is 409 g/mol. The zero-order valence-corrected chi connectivity index (χ0v) is 18.7. The SMILES string of the molecule is COc1ccc2c3cnccc3n3c(-c4c(C(C)C)cccc4C(C)C)cnc3c2c1. The van der Waals surface area contributed by atoms with Crippen LogP contribution >= 0.6 is 0 Å². The van der Waals surface area contributed by atoms with Gasteiger partial charge in [0.15, 0.2) is 0 Å². The summed E-state index contributed by atoms with van der Waals surface area (Å²) in [5.74, 6) is 1.65. The van der Waals surface area contributed by atoms with E-state index in [2.05, 4.69) is 73.5 Å². The smallest absolute Gasteiger partial charge is 0.145 e. The lowest BCUT2D eigenvalue weighted by molar-refractivity contribution is 0.415. The number of rotatable bonds is 4. The maximum absolute atomic E-state index is 5.52. The molecule has 156 valence electrons. The second-order valence-electron chi connectivity index (χ2n) is 8.73. The number of methoxy groups -OCH3 is 1. The van der Waals surface area contributed by atoms with Crippen molar-refractivity contribution in [2.75, 3.05) is 7.11 Å². The van der Waals surface area contributed by atoms with Crippen LogP contribution in [0.2, 0.25) is 0 Å². The Bertz CT molecular complexity index is 1400. The predicted molar refractivity (Wildman–Crippen MR) is 128 cm³/mol. The van der Waals surface area contributed by atoms with E-state index in [9.17, 15) is 0 Å². The molecule has 3 heterocycles. The molecule has 0 aliphatic heterocycles. The molecule has 31 heavy (non-hydrogen) atoms. The van der Waals surface area contributed by atoms with Gasteiger partial charge in [0, 0.05) is 28.7 Å². The fourth-order valence-corrected chi connectivity index (χ4v) is 4.67. The number of benzene rings is 2. The molecule has 0 aliphatic rings. The highest BCUT2D eigenvalue weighted by molar-refractivity contribution is 6.12. The van der Waals surface area contributed by atoms with Crippen LogP contribution in [-0.4, -0.2) is 21.5 Å². The second kappa shape index (κ2) is 7.38. The lowest BCUT2D eigenvalue weighted by Gasteiger charge is -2.20. The molecule has 0 saturated carbocycles. The number of imidazole rings is 1. The van der Waals surface area contributed by atoms with E-state index >= 15 is 0 Å². The van der Waals surface area contributed by atoms with Crippen molar-refractivity contribution in [2.24, 2.45) is 0 Å². The van der Waals surface area contributed by atoms with E-state index in [-0.39, 0.29) is 0 Å². The summed E-state index contributed by atoms with van der Waals surface area (Å²) in [5.41, 5.74) is 7.17. The van der Waals surface area contributed by atoms with Crippen LogP contribution in [0.1, 0.15) is 50.7 Å². The minimum absolute atomic E-state index is 0.410. The quantitative estimate of drug-likeness (QED) is 0.301. The van der Waals surface area contributed by atoms with E-state index < -0.39 is 0 Å². The summed E-state index contributed by atoms with van der Waals surface area (Å²) in [6, 6.07) is 14.9. The molecule has 0 amide bonds. The van der Waals surface area contributed by atoms with Gasteiger partial charge in [0.2, 0.25) is 0 Å². The Morgan fingerprint density at radius 2 is 1.58 bits per heavy atom. The van der Waals surface area contributed by atoms with Crippen molar-refractivity contribution in [2.45, 2.75) is 39.5 Å². The van der Waals surface area contributed by atoms with Crippen LogP contribution in [0.5, 0.6) is 5.75 Å². The Balaban J connectivity index is 1.99. The van der Waals surface area contributed by atoms with E-state index in [4.69, 9.17) is 9.72 Å². The number of aromatic nitrogens is 3. The fourth-order valence-electron chi connectivity index (χ4n) is 4.67. The maximum atomic E-state index is 5.52. The molecule has 2 aromatic carbocycles. The highest BCUT2D eigenvalue weighted by Crippen LogP contribution is 2.39. The van der Waals surface area contributed by atoms with Gasteiger partial charge in [0.05, 0.1) is 24.5 Å². The molecule has 0 saturated heterocycles. The van der Waals surface area contributed by atoms with Gasteiger partial charge >= 0.3 is 0 Å². The summed E-state index contributed by atoms with van der Waals surface area (Å²) in [4.78, 5) is 9.36. The third-order valence-corrected chi connectivity index (χ3v) is 6.19. The minimum atomic E-state index is 0.410. The van der Waals surface area contributed by atoms with Gasteiger partial charge in [-0.05, 0) is 52.6 Å². The molecule has 4 nitrogen and oxygen atoms in total. The van der Waals surface area contributed by atoms with Crippen LogP contribution in [-0.2, 0) is 0 Å². The van der Waals surface area contributed by atoms with Crippen LogP contribution in [0.25, 0.3) is 38.6 Å². The molecule has 0 atom stereocenters. The summed E-state index contributed by atoms with van der Waals surface area (Å²) >= 11 is 0. The van der Waals surface area contributed by atoms with E-state index in [0.717, 1.165) is 38.8 Å². The first kappa shape index (κ1) is 19.6. The van der Waals surface area contributed by atoms with Gasteiger partial charge in [0.25, 0.3) is 0 Å². The standard InChI is InChI=1S/C27H27N3O/c1-16(2)19-7-6-8-20(17(3)4)26(19)25-15-29-27-22-13-18(31-5)9-10-21(22)23-14-28-12-11-24(23)30(25)27/h6-17H,1-5H3. The van der Waals surface area contributed by atoms with Crippen LogP contribution in [0.15, 0.2) is 61.1 Å². The van der Waals surface area contributed by atoms with E-state index in [1.807, 2.05) is 24.7 Å². The Morgan fingerprint density at radius 3 is 2.26 bits per heavy atom. The first-order valence-corrected chi connectivity index (χ1v) is 10.8. The van der Waals surface area contributed by atoms with E-state index in [0.29, 0.717) is 11.8 Å². The summed E-state index contributed by atoms with van der Waals surface area (Å²) in [5, 5.41) is 3.31. The normalized spacial score (nSPS) is 12.0. The molecule has 4 heteroatoms. The number of pyridine rings is 2. The van der Waals surface area contributed by atoms with Crippen molar-refractivity contribution in [1.82, 2.24) is 14.4 Å². The maximum Gasteiger partial charge on any atom is 0.145 e. The molecular formula is C27H27N3O. The van der Waals surface area contributed by atoms with Gasteiger partial charge in [-0.25, -0.2) is 4.98 Å². The molecule has 0 spiro atoms. The number of fused-ring (bicyclic) bond motifs is 6. The van der Waals surface area contributed by atoms with Gasteiger partial charge in [-0.3, -0.25) is 9.38 Å². The molecule has 3 aromatic heterocycles. The molecule has 0 N–H and O–H groups in total. The van der Waals surface area contributed by atoms with Crippen LogP contribution < -0.4 is 4.74 Å². The molecular weight excluding hydrogens is 382 g/mol. The number of hydrogen-bond acceptors (Lipinski definition) is 3. The topological polar surface area (TPSA) is 39.4 Å². The van der Waals surface area contributed by atoms with Gasteiger partial charge in [-0.1, -0.05) is 45.9 Å². The van der Waals surface area contributed by atoms with Crippen molar-refractivity contribution in [3.63, 3.8) is 0 Å². The number of hydrogen-bond donors (Lipinski definition) is 0. The predicted octanol–water partition coefficient (Wildman–Crippen LogP) is 6.96. The molecule has 5 rings (SSSR count). The molecule has 0 fully saturated rings. The van der Waals surface area contributed by atoms with E-state index in [1.54, 1.807) is 7.11 Å². The molecule has 0 bridgehead atoms. The second-order valence-corrected chi connectivity index (χ2v) is 8.73. The zero-order valence-electron chi connectivity index (χ0n) is 18.7. The number of nitrogens with zero attached hydrogens (tertiary/aromatic N) is 3. The third-order valence-electron chi connectivity index (χ3n) is 6.19. The number of ether oxygens (including phenoxy) is 1. The van der Waals surface area contributed by atoms with Crippen molar-refractivity contribution >= 4 is 27.3 Å². The first-order chi connectivity index (χ1) is 15.0. The third kappa shape index (κ3) is 2.97. The summed E-state index contributed by atoms with van der Waals surface area (Å²) in [7, 11) is 1.70. The highest BCUT2D eigenvalue weighted by Gasteiger charge is 2.21. The van der Waals surface area contributed by atoms with Crippen LogP contribution in [0, 0.1) is 0 Å². The van der Waals surface area contributed by atoms with Crippen molar-refractivity contribution in [1.29, 1.82) is 0 Å². The lowest BCUT2D eigenvalue weighted by Crippen LogP contribution is -2.02. The van der Waals surface area contributed by atoms with Gasteiger partial charge in [0.1, 0.15) is 11.4 Å². The van der Waals surface area contributed by atoms with Gasteiger partial charge < -0.3 is 4.74 Å². The van der Waals surface area contributed by atoms with Crippen molar-refractivity contribution in [3.05, 3.63) is 72.2 Å². The Kier molecular flexibility index (Phi) is 4.66. The van der Waals surface area contributed by atoms with Crippen molar-refractivity contribution < 1.29 is 4.74 Å². The minimum Gasteiger partial charge on any atom is -0.497 e. The Labute approximate surface area is 182 Å². The lowest BCUT2D eigenvalue weighted by atomic mass is 9.87. The molecule has 0 radical (unpaired) electrons.